The molecule has 8 nitrogen and oxygen atoms in total. The molecule has 5 rings (SSSR count). The molecule has 0 unspecified atom stereocenters. The van der Waals surface area contributed by atoms with E-state index in [9.17, 15) is 4.79 Å². The lowest BCUT2D eigenvalue weighted by atomic mass is 9.92. The summed E-state index contributed by atoms with van der Waals surface area (Å²) in [5, 5.41) is 0.690. The maximum absolute atomic E-state index is 13.1. The van der Waals surface area contributed by atoms with Crippen LogP contribution in [0.4, 0.5) is 0 Å². The van der Waals surface area contributed by atoms with Crippen LogP contribution >= 0.6 is 11.3 Å². The van der Waals surface area contributed by atoms with Crippen LogP contribution in [0.25, 0.3) is 21.6 Å². The molecule has 0 N–H and O–H groups in total. The Morgan fingerprint density at radius 3 is 1.94 bits per heavy atom. The average Bonchev–Trinajstić information content (AvgIpc) is 3.63. The van der Waals surface area contributed by atoms with Crippen molar-refractivity contribution in [3.63, 3.8) is 0 Å². The predicted octanol–water partition coefficient (Wildman–Crippen LogP) is 10.1. The second-order valence-electron chi connectivity index (χ2n) is 13.7. The zero-order valence-corrected chi connectivity index (χ0v) is 31.7. The molecule has 0 aliphatic carbocycles. The Hall–Kier alpha value is -4.08. The highest BCUT2D eigenvalue weighted by Crippen LogP contribution is 2.40. The van der Waals surface area contributed by atoms with Crippen molar-refractivity contribution in [3.05, 3.63) is 87.3 Å². The number of rotatable bonds is 13. The van der Waals surface area contributed by atoms with Crippen LogP contribution in [-0.2, 0) is 16.1 Å². The average molecular weight is 684 g/mol. The van der Waals surface area contributed by atoms with Gasteiger partial charge in [-0.3, -0.25) is 0 Å². The van der Waals surface area contributed by atoms with Gasteiger partial charge in [0.2, 0.25) is 5.88 Å². The van der Waals surface area contributed by atoms with E-state index < -0.39 is 0 Å². The smallest absolute Gasteiger partial charge is 0.462 e. The van der Waals surface area contributed by atoms with Gasteiger partial charge in [-0.1, -0.05) is 91.8 Å². The number of fused-ring (bicyclic) bond motifs is 1. The lowest BCUT2D eigenvalue weighted by Crippen LogP contribution is -2.34. The van der Waals surface area contributed by atoms with Crippen LogP contribution in [0.3, 0.4) is 0 Å². The number of ether oxygens (including phenoxy) is 3. The van der Waals surface area contributed by atoms with Gasteiger partial charge in [-0.25, -0.2) is 9.78 Å². The number of carbonyl (C=O) groups excluding carboxylic acids is 1. The van der Waals surface area contributed by atoms with Crippen LogP contribution in [0.2, 0.25) is 0 Å². The lowest BCUT2D eigenvalue weighted by Gasteiger charge is -2.19. The molecule has 260 valence electrons. The van der Waals surface area contributed by atoms with Crippen molar-refractivity contribution < 1.29 is 23.6 Å². The molecule has 0 fully saturated rings. The quantitative estimate of drug-likeness (QED) is 0.0908. The molecule has 9 heteroatoms. The highest BCUT2D eigenvalue weighted by Gasteiger charge is 2.33. The molecular formula is C40H51N4O4S+. The zero-order chi connectivity index (χ0) is 35.6. The van der Waals surface area contributed by atoms with Gasteiger partial charge >= 0.3 is 12.0 Å². The number of benzene rings is 2. The molecule has 0 bridgehead atoms. The summed E-state index contributed by atoms with van der Waals surface area (Å²) in [7, 11) is 0. The third-order valence-corrected chi connectivity index (χ3v) is 10.00. The summed E-state index contributed by atoms with van der Waals surface area (Å²) in [6.07, 6.45) is 4.21. The van der Waals surface area contributed by atoms with Crippen LogP contribution in [0.5, 0.6) is 11.9 Å². The second-order valence-corrected chi connectivity index (χ2v) is 14.6. The molecule has 0 aliphatic heterocycles. The lowest BCUT2D eigenvalue weighted by molar-refractivity contribution is -0.602. The molecule has 3 heterocycles. The van der Waals surface area contributed by atoms with Crippen molar-refractivity contribution in [1.82, 2.24) is 14.5 Å². The number of imidazole rings is 1. The van der Waals surface area contributed by atoms with Gasteiger partial charge in [0.15, 0.2) is 5.82 Å². The first-order valence-corrected chi connectivity index (χ1v) is 18.3. The minimum Gasteiger partial charge on any atom is -0.462 e. The van der Waals surface area contributed by atoms with E-state index in [1.807, 2.05) is 20.8 Å². The Morgan fingerprint density at radius 1 is 0.837 bits per heavy atom. The van der Waals surface area contributed by atoms with Gasteiger partial charge in [0, 0.05) is 28.9 Å². The maximum atomic E-state index is 13.1. The van der Waals surface area contributed by atoms with E-state index in [1.165, 1.54) is 33.6 Å². The van der Waals surface area contributed by atoms with Gasteiger partial charge in [-0.15, -0.1) is 11.3 Å². The fraction of sp³-hybridized carbons (Fsp3) is 0.450. The van der Waals surface area contributed by atoms with Crippen LogP contribution in [0.1, 0.15) is 136 Å². The van der Waals surface area contributed by atoms with E-state index in [4.69, 9.17) is 24.2 Å². The Morgan fingerprint density at radius 2 is 1.41 bits per heavy atom. The normalized spacial score (nSPS) is 11.9. The van der Waals surface area contributed by atoms with Gasteiger partial charge in [-0.2, -0.15) is 14.1 Å². The van der Waals surface area contributed by atoms with Crippen molar-refractivity contribution in [1.29, 1.82) is 0 Å². The summed E-state index contributed by atoms with van der Waals surface area (Å²) in [6, 6.07) is 13.7. The first-order chi connectivity index (χ1) is 23.4. The Labute approximate surface area is 295 Å². The maximum Gasteiger partial charge on any atom is 0.473 e. The molecular weight excluding hydrogens is 633 g/mol. The molecule has 0 saturated carbocycles. The Balaban J connectivity index is 1.89. The number of aryl methyl sites for hydroxylation is 1. The van der Waals surface area contributed by atoms with E-state index in [0.29, 0.717) is 39.4 Å². The number of thiophene rings is 1. The number of esters is 1. The number of nitrogens with zero attached hydrogens (tertiary/aromatic N) is 4. The van der Waals surface area contributed by atoms with Crippen LogP contribution in [0, 0.1) is 6.92 Å². The minimum atomic E-state index is -0.376. The van der Waals surface area contributed by atoms with Gasteiger partial charge in [0.05, 0.1) is 12.0 Å². The van der Waals surface area contributed by atoms with Crippen molar-refractivity contribution in [2.45, 2.75) is 106 Å². The van der Waals surface area contributed by atoms with Crippen molar-refractivity contribution in [3.8, 4) is 23.3 Å². The number of hydrogen-bond acceptors (Lipinski definition) is 7. The Kier molecular flexibility index (Phi) is 11.2. The molecule has 0 amide bonds. The summed E-state index contributed by atoms with van der Waals surface area (Å²) in [6.45, 7) is 24.5. The summed E-state index contributed by atoms with van der Waals surface area (Å²) < 4.78 is 22.7. The van der Waals surface area contributed by atoms with E-state index in [2.05, 4.69) is 113 Å². The van der Waals surface area contributed by atoms with Crippen LogP contribution < -0.4 is 9.30 Å². The van der Waals surface area contributed by atoms with Crippen molar-refractivity contribution in [2.24, 2.45) is 0 Å². The molecule has 3 aromatic heterocycles. The molecule has 0 atom stereocenters. The fourth-order valence-corrected chi connectivity index (χ4v) is 7.43. The molecule has 0 saturated heterocycles. The summed E-state index contributed by atoms with van der Waals surface area (Å²) >= 11 is 1.30. The Bertz CT molecular complexity index is 1820. The van der Waals surface area contributed by atoms with Crippen molar-refractivity contribution >= 4 is 27.5 Å². The molecule has 0 spiro atoms. The minimum absolute atomic E-state index is 0.219. The molecule has 0 radical (unpaired) electrons. The first-order valence-electron chi connectivity index (χ1n) is 17.5. The zero-order valence-electron chi connectivity index (χ0n) is 30.9. The molecule has 49 heavy (non-hydrogen) atoms. The second kappa shape index (κ2) is 15.2. The molecule has 0 aliphatic rings. The first kappa shape index (κ1) is 36.2. The third kappa shape index (κ3) is 7.15. The topological polar surface area (TPSA) is 79.4 Å². The largest absolute Gasteiger partial charge is 0.473 e. The highest BCUT2D eigenvalue weighted by molar-refractivity contribution is 7.20. The van der Waals surface area contributed by atoms with E-state index >= 15 is 0 Å². The van der Waals surface area contributed by atoms with Gasteiger partial charge in [0.1, 0.15) is 40.1 Å². The molecule has 5 aromatic rings. The van der Waals surface area contributed by atoms with Gasteiger partial charge in [0.25, 0.3) is 0 Å². The summed E-state index contributed by atoms with van der Waals surface area (Å²) in [5.74, 6) is 1.55. The monoisotopic (exact) mass is 683 g/mol. The predicted molar refractivity (Wildman–Crippen MR) is 197 cm³/mol. The van der Waals surface area contributed by atoms with E-state index in [1.54, 1.807) is 0 Å². The summed E-state index contributed by atoms with van der Waals surface area (Å²) in [5.41, 5.74) is 7.83. The van der Waals surface area contributed by atoms with Crippen molar-refractivity contribution in [2.75, 3.05) is 13.2 Å². The van der Waals surface area contributed by atoms with Crippen LogP contribution in [0.15, 0.2) is 48.8 Å². The number of para-hydroxylation sites is 2. The van der Waals surface area contributed by atoms with Gasteiger partial charge < -0.3 is 14.2 Å². The highest BCUT2D eigenvalue weighted by atomic mass is 32.1. The summed E-state index contributed by atoms with van der Waals surface area (Å²) in [4.78, 5) is 24.0. The van der Waals surface area contributed by atoms with E-state index in [0.717, 1.165) is 16.9 Å². The van der Waals surface area contributed by atoms with Crippen LogP contribution in [-0.4, -0.2) is 33.7 Å². The SMILES string of the molecule is CCOCc1nc(Oc2n(-c3c(C(C)C)cccc3C(C)C)cc[n+]2-c2c(C(C)C)cccc2C(C)C)c2c(C)c(C(=O)OCC)sc2n1. The van der Waals surface area contributed by atoms with Gasteiger partial charge in [-0.05, 0) is 50.0 Å². The third-order valence-electron chi connectivity index (χ3n) is 8.83. The number of carbonyl (C=O) groups is 1. The van der Waals surface area contributed by atoms with E-state index in [-0.39, 0.29) is 42.9 Å². The standard InChI is InChI=1S/C40H51N4O4S/c1-12-46-22-32-41-37(33-27(11)36(39(45)47-13-2)49-38(33)42-32)48-40-43(34-28(23(3)4)16-14-17-29(34)24(5)6)20-21-44(40)35-30(25(7)8)18-15-19-31(35)26(9)10/h14-21,23-26H,12-13,22H2,1-11H3/q+1. The molecule has 2 aromatic carbocycles. The fourth-order valence-electron chi connectivity index (χ4n) is 6.35. The number of hydrogen-bond donors (Lipinski definition) is 0. The number of aromatic nitrogens is 4.